The minimum Gasteiger partial charge on any atom is -0.492 e. The Bertz CT molecular complexity index is 911. The molecule has 0 aliphatic heterocycles. The van der Waals surface area contributed by atoms with Crippen LogP contribution in [0.3, 0.4) is 0 Å². The number of nitrogens with one attached hydrogen (secondary N) is 1. The second-order valence-corrected chi connectivity index (χ2v) is 6.66. The second kappa shape index (κ2) is 10.6. The predicted octanol–water partition coefficient (Wildman–Crippen LogP) is 1.78. The third-order valence-electron chi connectivity index (χ3n) is 3.86. The molecule has 1 amide bonds. The second-order valence-electron chi connectivity index (χ2n) is 5.90. The van der Waals surface area contributed by atoms with Crippen LogP contribution in [0.4, 0.5) is 0 Å². The van der Waals surface area contributed by atoms with E-state index in [1.807, 2.05) is 30.5 Å². The zero-order valence-electron chi connectivity index (χ0n) is 16.2. The number of rotatable bonds is 11. The van der Waals surface area contributed by atoms with E-state index < -0.39 is 0 Å². The molecule has 0 aliphatic carbocycles. The molecule has 1 N–H and O–H groups in total. The van der Waals surface area contributed by atoms with Crippen LogP contribution in [-0.2, 0) is 22.7 Å². The maximum Gasteiger partial charge on any atom is 0.276 e. The standard InChI is InChI=1S/C18H22N6O4S/c1-19-16(25)7-9-26-12-14-11-24(23-20-14)8-10-27-15-5-3-13(4-6-15)17-21-22-18(28-17)29-2/h3-6,11H,7-10,12H2,1-2H3,(H,19,25). The van der Waals surface area contributed by atoms with Gasteiger partial charge in [0.05, 0.1) is 26.0 Å². The quantitative estimate of drug-likeness (QED) is 0.367. The van der Waals surface area contributed by atoms with Gasteiger partial charge in [0.15, 0.2) is 0 Å². The van der Waals surface area contributed by atoms with Gasteiger partial charge in [-0.05, 0) is 30.5 Å². The van der Waals surface area contributed by atoms with Crippen LogP contribution in [0.25, 0.3) is 11.5 Å². The van der Waals surface area contributed by atoms with Gasteiger partial charge < -0.3 is 19.2 Å². The number of aromatic nitrogens is 5. The molecule has 1 aromatic carbocycles. The molecular weight excluding hydrogens is 396 g/mol. The van der Waals surface area contributed by atoms with E-state index in [2.05, 4.69) is 25.8 Å². The smallest absolute Gasteiger partial charge is 0.276 e. The Morgan fingerprint density at radius 1 is 1.21 bits per heavy atom. The fraction of sp³-hybridized carbons (Fsp3) is 0.389. The van der Waals surface area contributed by atoms with Crippen molar-refractivity contribution >= 4 is 17.7 Å². The highest BCUT2D eigenvalue weighted by molar-refractivity contribution is 7.98. The average Bonchev–Trinajstić information content (AvgIpc) is 3.41. The first-order chi connectivity index (χ1) is 14.2. The van der Waals surface area contributed by atoms with Crippen molar-refractivity contribution in [1.82, 2.24) is 30.5 Å². The lowest BCUT2D eigenvalue weighted by Gasteiger charge is -2.06. The van der Waals surface area contributed by atoms with Crippen molar-refractivity contribution in [2.24, 2.45) is 0 Å². The largest absolute Gasteiger partial charge is 0.492 e. The Morgan fingerprint density at radius 2 is 2.03 bits per heavy atom. The van der Waals surface area contributed by atoms with Crippen molar-refractivity contribution in [2.75, 3.05) is 26.5 Å². The SMILES string of the molecule is CNC(=O)CCOCc1cn(CCOc2ccc(-c3nnc(SC)o3)cc2)nn1. The maximum absolute atomic E-state index is 11.1. The Balaban J connectivity index is 1.40. The third-order valence-corrected chi connectivity index (χ3v) is 4.37. The monoisotopic (exact) mass is 418 g/mol. The minimum absolute atomic E-state index is 0.0550. The molecule has 0 saturated heterocycles. The number of thioether (sulfide) groups is 1. The first kappa shape index (κ1) is 20.8. The molecule has 2 heterocycles. The summed E-state index contributed by atoms with van der Waals surface area (Å²) in [4.78, 5) is 11.1. The fourth-order valence-electron chi connectivity index (χ4n) is 2.34. The molecule has 2 aromatic heterocycles. The highest BCUT2D eigenvalue weighted by Crippen LogP contribution is 2.23. The number of benzene rings is 1. The lowest BCUT2D eigenvalue weighted by Crippen LogP contribution is -2.19. The van der Waals surface area contributed by atoms with Crippen molar-refractivity contribution < 1.29 is 18.7 Å². The summed E-state index contributed by atoms with van der Waals surface area (Å²) in [6, 6.07) is 7.45. The van der Waals surface area contributed by atoms with Gasteiger partial charge in [0, 0.05) is 19.0 Å². The summed E-state index contributed by atoms with van der Waals surface area (Å²) < 4.78 is 18.3. The highest BCUT2D eigenvalue weighted by atomic mass is 32.2. The van der Waals surface area contributed by atoms with Gasteiger partial charge in [0.2, 0.25) is 11.8 Å². The lowest BCUT2D eigenvalue weighted by molar-refractivity contribution is -0.121. The topological polar surface area (TPSA) is 117 Å². The van der Waals surface area contributed by atoms with Crippen LogP contribution in [-0.4, -0.2) is 57.6 Å². The van der Waals surface area contributed by atoms with E-state index >= 15 is 0 Å². The van der Waals surface area contributed by atoms with Gasteiger partial charge in [-0.15, -0.1) is 15.3 Å². The van der Waals surface area contributed by atoms with Crippen molar-refractivity contribution in [3.8, 4) is 17.2 Å². The van der Waals surface area contributed by atoms with Crippen LogP contribution in [0.5, 0.6) is 5.75 Å². The zero-order chi connectivity index (χ0) is 20.5. The van der Waals surface area contributed by atoms with E-state index in [1.54, 1.807) is 17.9 Å². The van der Waals surface area contributed by atoms with E-state index in [0.29, 0.717) is 49.6 Å². The van der Waals surface area contributed by atoms with Gasteiger partial charge in [0.25, 0.3) is 5.22 Å². The summed E-state index contributed by atoms with van der Waals surface area (Å²) in [6.07, 6.45) is 4.00. The number of carbonyl (C=O) groups is 1. The molecule has 10 nitrogen and oxygen atoms in total. The van der Waals surface area contributed by atoms with Gasteiger partial charge in [0.1, 0.15) is 18.1 Å². The molecule has 0 fully saturated rings. The van der Waals surface area contributed by atoms with Crippen LogP contribution < -0.4 is 10.1 Å². The molecule has 0 bridgehead atoms. The summed E-state index contributed by atoms with van der Waals surface area (Å²) in [5.41, 5.74) is 1.54. The maximum atomic E-state index is 11.1. The van der Waals surface area contributed by atoms with Crippen LogP contribution in [0.15, 0.2) is 40.1 Å². The summed E-state index contributed by atoms with van der Waals surface area (Å²) in [5.74, 6) is 1.16. The van der Waals surface area contributed by atoms with Gasteiger partial charge in [-0.25, -0.2) is 4.68 Å². The number of nitrogens with zero attached hydrogens (tertiary/aromatic N) is 5. The molecule has 0 spiro atoms. The molecule has 11 heteroatoms. The van der Waals surface area contributed by atoms with E-state index in [0.717, 1.165) is 11.3 Å². The van der Waals surface area contributed by atoms with Crippen LogP contribution in [0.1, 0.15) is 12.1 Å². The number of amides is 1. The lowest BCUT2D eigenvalue weighted by atomic mass is 10.2. The van der Waals surface area contributed by atoms with Crippen LogP contribution >= 0.6 is 11.8 Å². The third kappa shape index (κ3) is 6.29. The molecule has 154 valence electrons. The zero-order valence-corrected chi connectivity index (χ0v) is 17.0. The number of carbonyl (C=O) groups excluding carboxylic acids is 1. The van der Waals surface area contributed by atoms with Crippen LogP contribution in [0, 0.1) is 0 Å². The van der Waals surface area contributed by atoms with Crippen LogP contribution in [0.2, 0.25) is 0 Å². The number of hydrogen-bond acceptors (Lipinski definition) is 9. The van der Waals surface area contributed by atoms with Crippen molar-refractivity contribution in [3.05, 3.63) is 36.2 Å². The molecule has 29 heavy (non-hydrogen) atoms. The summed E-state index contributed by atoms with van der Waals surface area (Å²) >= 11 is 1.40. The number of hydrogen-bond donors (Lipinski definition) is 1. The first-order valence-electron chi connectivity index (χ1n) is 8.96. The van der Waals surface area contributed by atoms with E-state index in [1.165, 1.54) is 11.8 Å². The molecule has 0 saturated carbocycles. The Hall–Kier alpha value is -2.92. The molecule has 0 aliphatic rings. The molecule has 0 unspecified atom stereocenters. The summed E-state index contributed by atoms with van der Waals surface area (Å²) in [6.45, 7) is 1.64. The van der Waals surface area contributed by atoms with Gasteiger partial charge in [-0.3, -0.25) is 4.79 Å². The van der Waals surface area contributed by atoms with Gasteiger partial charge in [-0.1, -0.05) is 17.0 Å². The van der Waals surface area contributed by atoms with Crippen molar-refractivity contribution in [3.63, 3.8) is 0 Å². The summed E-state index contributed by atoms with van der Waals surface area (Å²) in [7, 11) is 1.60. The minimum atomic E-state index is -0.0550. The van der Waals surface area contributed by atoms with Crippen molar-refractivity contribution in [1.29, 1.82) is 0 Å². The summed E-state index contributed by atoms with van der Waals surface area (Å²) in [5, 5.41) is 19.1. The molecular formula is C18H22N6O4S. The van der Waals surface area contributed by atoms with Gasteiger partial charge in [-0.2, -0.15) is 0 Å². The normalized spacial score (nSPS) is 10.8. The van der Waals surface area contributed by atoms with Gasteiger partial charge >= 0.3 is 0 Å². The highest BCUT2D eigenvalue weighted by Gasteiger charge is 2.08. The van der Waals surface area contributed by atoms with E-state index in [4.69, 9.17) is 13.9 Å². The number of ether oxygens (including phenoxy) is 2. The van der Waals surface area contributed by atoms with Crippen molar-refractivity contribution in [2.45, 2.75) is 24.8 Å². The van der Waals surface area contributed by atoms with E-state index in [-0.39, 0.29) is 5.91 Å². The fourth-order valence-corrected chi connectivity index (χ4v) is 2.62. The Labute approximate surface area is 172 Å². The molecule has 3 aromatic rings. The van der Waals surface area contributed by atoms with E-state index in [9.17, 15) is 4.79 Å². The molecule has 0 radical (unpaired) electrons. The molecule has 3 rings (SSSR count). The Morgan fingerprint density at radius 3 is 2.76 bits per heavy atom. The first-order valence-corrected chi connectivity index (χ1v) is 10.2. The molecule has 0 atom stereocenters. The Kier molecular flexibility index (Phi) is 7.59. The average molecular weight is 418 g/mol. The predicted molar refractivity (Wildman–Crippen MR) is 105 cm³/mol.